The molecule has 2 bridgehead atoms. The normalized spacial score (nSPS) is 24.1. The highest BCUT2D eigenvalue weighted by atomic mass is 35.5. The molecule has 1 aromatic carbocycles. The molecule has 4 rings (SSSR count). The van der Waals surface area contributed by atoms with Crippen LogP contribution in [0.4, 0.5) is 0 Å². The molecule has 2 aliphatic carbocycles. The van der Waals surface area contributed by atoms with Crippen LogP contribution in [0, 0.1) is 11.8 Å². The lowest BCUT2D eigenvalue weighted by Gasteiger charge is -2.29. The molecule has 1 nitrogen and oxygen atoms in total. The minimum atomic E-state index is 0. The van der Waals surface area contributed by atoms with Gasteiger partial charge in [-0.05, 0) is 79.6 Å². The van der Waals surface area contributed by atoms with Gasteiger partial charge in [0.25, 0.3) is 0 Å². The molecule has 1 saturated carbocycles. The Morgan fingerprint density at radius 3 is 2.86 bits per heavy atom. The van der Waals surface area contributed by atoms with Crippen LogP contribution in [0.1, 0.15) is 31.2 Å². The highest BCUT2D eigenvalue weighted by Crippen LogP contribution is 2.50. The third kappa shape index (κ3) is 2.73. The topological polar surface area (TPSA) is 3.24 Å². The van der Waals surface area contributed by atoms with Crippen LogP contribution in [0.5, 0.6) is 0 Å². The number of likely N-dealkylation sites (N-methyl/N-ethyl adjacent to an activating group) is 1. The van der Waals surface area contributed by atoms with Crippen molar-refractivity contribution < 1.29 is 0 Å². The summed E-state index contributed by atoms with van der Waals surface area (Å²) < 4.78 is 1.49. The second-order valence-electron chi connectivity index (χ2n) is 6.98. The second kappa shape index (κ2) is 6.35. The van der Waals surface area contributed by atoms with Gasteiger partial charge in [0.1, 0.15) is 0 Å². The van der Waals surface area contributed by atoms with Crippen molar-refractivity contribution in [3.05, 3.63) is 40.8 Å². The summed E-state index contributed by atoms with van der Waals surface area (Å²) in [6.07, 6.45) is 5.59. The second-order valence-corrected chi connectivity index (χ2v) is 7.90. The van der Waals surface area contributed by atoms with Crippen molar-refractivity contribution in [3.63, 3.8) is 0 Å². The molecule has 2 atom stereocenters. The fraction of sp³-hybridized carbons (Fsp3) is 0.474. The molecule has 0 saturated heterocycles. The predicted octanol–water partition coefficient (Wildman–Crippen LogP) is 5.46. The van der Waals surface area contributed by atoms with Crippen molar-refractivity contribution >= 4 is 39.4 Å². The first-order chi connectivity index (χ1) is 10.2. The molecule has 2 aliphatic rings. The van der Waals surface area contributed by atoms with Crippen LogP contribution >= 0.6 is 23.7 Å². The zero-order valence-corrected chi connectivity index (χ0v) is 15.0. The highest BCUT2D eigenvalue weighted by molar-refractivity contribution is 7.17. The molecule has 1 fully saturated rings. The van der Waals surface area contributed by atoms with Crippen molar-refractivity contribution in [3.8, 4) is 0 Å². The summed E-state index contributed by atoms with van der Waals surface area (Å²) in [4.78, 5) is 2.34. The van der Waals surface area contributed by atoms with Gasteiger partial charge >= 0.3 is 0 Å². The summed E-state index contributed by atoms with van der Waals surface area (Å²) >= 11 is 1.91. The van der Waals surface area contributed by atoms with Gasteiger partial charge in [-0.2, -0.15) is 0 Å². The average Bonchev–Trinajstić information content (AvgIpc) is 3.05. The Labute approximate surface area is 143 Å². The Morgan fingerprint density at radius 2 is 2.05 bits per heavy atom. The minimum absolute atomic E-state index is 0. The number of thiophene rings is 1. The largest absolute Gasteiger partial charge is 0.305 e. The molecule has 0 aliphatic heterocycles. The maximum absolute atomic E-state index is 2.36. The molecule has 0 radical (unpaired) electrons. The number of fused-ring (bicyclic) bond motifs is 3. The van der Waals surface area contributed by atoms with Gasteiger partial charge < -0.3 is 4.90 Å². The van der Waals surface area contributed by atoms with Gasteiger partial charge in [0.15, 0.2) is 0 Å². The smallest absolute Gasteiger partial charge is 0.0417 e. The summed E-state index contributed by atoms with van der Waals surface area (Å²) in [5.41, 5.74) is 4.94. The quantitative estimate of drug-likeness (QED) is 0.721. The highest BCUT2D eigenvalue weighted by Gasteiger charge is 2.35. The van der Waals surface area contributed by atoms with Gasteiger partial charge in [0, 0.05) is 11.2 Å². The van der Waals surface area contributed by atoms with E-state index in [1.807, 2.05) is 11.3 Å². The Kier molecular flexibility index (Phi) is 4.63. The standard InChI is InChI=1S/C19H23NS.ClH/c1-20(2)12-16-11-13-6-7-15(10-13)18(16)17-5-3-4-14-8-9-21-19(14)17;/h3-5,8-9,13,15H,6-7,10-12H2,1-2H3;1H/t13-,15+;/m0./s1. The molecule has 0 N–H and O–H groups in total. The third-order valence-electron chi connectivity index (χ3n) is 5.14. The van der Waals surface area contributed by atoms with Crippen molar-refractivity contribution in [1.29, 1.82) is 0 Å². The third-order valence-corrected chi connectivity index (χ3v) is 6.11. The first-order valence-electron chi connectivity index (χ1n) is 8.05. The molecule has 1 aromatic heterocycles. The Morgan fingerprint density at radius 1 is 1.18 bits per heavy atom. The maximum Gasteiger partial charge on any atom is 0.0417 e. The van der Waals surface area contributed by atoms with Crippen LogP contribution in [0.25, 0.3) is 15.7 Å². The van der Waals surface area contributed by atoms with Crippen molar-refractivity contribution in [2.45, 2.75) is 25.7 Å². The minimum Gasteiger partial charge on any atom is -0.305 e. The fourth-order valence-corrected chi connectivity index (χ4v) is 5.34. The van der Waals surface area contributed by atoms with Crippen molar-refractivity contribution in [2.24, 2.45) is 11.8 Å². The number of allylic oxidation sites excluding steroid dienone is 1. The van der Waals surface area contributed by atoms with Crippen LogP contribution in [-0.4, -0.2) is 25.5 Å². The van der Waals surface area contributed by atoms with Gasteiger partial charge in [-0.15, -0.1) is 23.7 Å². The number of hydrogen-bond acceptors (Lipinski definition) is 2. The maximum atomic E-state index is 2.36. The van der Waals surface area contributed by atoms with Gasteiger partial charge in [0.05, 0.1) is 0 Å². The van der Waals surface area contributed by atoms with Crippen LogP contribution < -0.4 is 0 Å². The molecule has 0 spiro atoms. The van der Waals surface area contributed by atoms with E-state index in [4.69, 9.17) is 0 Å². The predicted molar refractivity (Wildman–Crippen MR) is 100.0 cm³/mol. The summed E-state index contributed by atoms with van der Waals surface area (Å²) in [6.45, 7) is 1.13. The number of nitrogens with zero attached hydrogens (tertiary/aromatic N) is 1. The van der Waals surface area contributed by atoms with E-state index < -0.39 is 0 Å². The molecule has 3 heteroatoms. The van der Waals surface area contributed by atoms with E-state index in [0.717, 1.165) is 18.4 Å². The molecular weight excluding hydrogens is 310 g/mol. The first-order valence-corrected chi connectivity index (χ1v) is 8.93. The molecular formula is C19H24ClNS. The van der Waals surface area contributed by atoms with Gasteiger partial charge in [-0.25, -0.2) is 0 Å². The summed E-state index contributed by atoms with van der Waals surface area (Å²) in [7, 11) is 4.40. The fourth-order valence-electron chi connectivity index (χ4n) is 4.42. The van der Waals surface area contributed by atoms with E-state index in [0.29, 0.717) is 0 Å². The number of hydrogen-bond donors (Lipinski definition) is 0. The van der Waals surface area contributed by atoms with E-state index in [2.05, 4.69) is 48.6 Å². The van der Waals surface area contributed by atoms with E-state index in [1.54, 1.807) is 11.1 Å². The molecule has 118 valence electrons. The van der Waals surface area contributed by atoms with E-state index in [1.165, 1.54) is 41.3 Å². The van der Waals surface area contributed by atoms with Gasteiger partial charge in [-0.3, -0.25) is 0 Å². The van der Waals surface area contributed by atoms with Crippen LogP contribution in [0.15, 0.2) is 35.2 Å². The van der Waals surface area contributed by atoms with Gasteiger partial charge in [-0.1, -0.05) is 23.8 Å². The van der Waals surface area contributed by atoms with Crippen molar-refractivity contribution in [2.75, 3.05) is 20.6 Å². The lowest BCUT2D eigenvalue weighted by Crippen LogP contribution is -2.21. The van der Waals surface area contributed by atoms with E-state index in [9.17, 15) is 0 Å². The van der Waals surface area contributed by atoms with Gasteiger partial charge in [0.2, 0.25) is 0 Å². The number of rotatable bonds is 3. The Hall–Kier alpha value is -0.830. The Bertz CT molecular complexity index is 700. The number of halogens is 1. The molecule has 0 amide bonds. The molecule has 1 heterocycles. The Balaban J connectivity index is 0.00000144. The zero-order valence-electron chi connectivity index (χ0n) is 13.3. The SMILES string of the molecule is CN(C)CC1=C(c2cccc3ccsc23)[C@@H]2CC[C@H](C1)C2.Cl. The number of benzene rings is 1. The molecule has 22 heavy (non-hydrogen) atoms. The van der Waals surface area contributed by atoms with Crippen LogP contribution in [-0.2, 0) is 0 Å². The summed E-state index contributed by atoms with van der Waals surface area (Å²) in [5, 5.41) is 3.65. The van der Waals surface area contributed by atoms with Crippen molar-refractivity contribution in [1.82, 2.24) is 4.90 Å². The average molecular weight is 334 g/mol. The lowest BCUT2D eigenvalue weighted by molar-refractivity contribution is 0.413. The zero-order chi connectivity index (χ0) is 14.4. The summed E-state index contributed by atoms with van der Waals surface area (Å²) in [5.74, 6) is 1.77. The van der Waals surface area contributed by atoms with Crippen LogP contribution in [0.2, 0.25) is 0 Å². The van der Waals surface area contributed by atoms with E-state index >= 15 is 0 Å². The molecule has 0 unspecified atom stereocenters. The monoisotopic (exact) mass is 333 g/mol. The summed E-state index contributed by atoms with van der Waals surface area (Å²) in [6, 6.07) is 9.12. The molecule has 2 aromatic rings. The van der Waals surface area contributed by atoms with E-state index in [-0.39, 0.29) is 12.4 Å². The first kappa shape index (κ1) is 16.0. The van der Waals surface area contributed by atoms with Crippen LogP contribution in [0.3, 0.4) is 0 Å². The lowest BCUT2D eigenvalue weighted by atomic mass is 9.79.